The molecular weight excluding hydrogens is 885 g/mol. The van der Waals surface area contributed by atoms with E-state index in [0.717, 1.165) is 25.8 Å². The predicted molar refractivity (Wildman–Crippen MR) is 314 cm³/mol. The first-order valence-electron chi connectivity index (χ1n) is 26.2. The Morgan fingerprint density at radius 3 is 2.18 bits per heavy atom. The van der Waals surface area contributed by atoms with Crippen LogP contribution in [-0.4, -0.2) is 14.6 Å². The van der Waals surface area contributed by atoms with Crippen molar-refractivity contribution < 1.29 is 0 Å². The number of nitrogens with zero attached hydrogens (tertiary/aromatic N) is 2. The van der Waals surface area contributed by atoms with Crippen molar-refractivity contribution in [3.05, 3.63) is 269 Å². The maximum Gasteiger partial charge on any atom is 0.123 e. The van der Waals surface area contributed by atoms with Gasteiger partial charge in [0.2, 0.25) is 0 Å². The van der Waals surface area contributed by atoms with Crippen LogP contribution in [0.5, 0.6) is 0 Å². The molecule has 1 spiro atoms. The lowest BCUT2D eigenvalue weighted by Crippen LogP contribution is -2.53. The first-order valence-corrected chi connectivity index (χ1v) is 28.6. The van der Waals surface area contributed by atoms with E-state index in [1.807, 2.05) is 6.08 Å². The van der Waals surface area contributed by atoms with Crippen LogP contribution >= 0.6 is 0 Å². The Bertz CT molecular complexity index is 3620. The molecule has 0 saturated carbocycles. The number of hydrogen-bond acceptors (Lipinski definition) is 2. The highest BCUT2D eigenvalue weighted by Crippen LogP contribution is 2.59. The number of allylic oxidation sites excluding steroid dienone is 16. The number of aryl methyl sites for hydroxylation is 1. The summed E-state index contributed by atoms with van der Waals surface area (Å²) < 4.78 is 0. The first kappa shape index (κ1) is 45.4. The molecule has 3 heterocycles. The normalized spacial score (nSPS) is 19.1. The van der Waals surface area contributed by atoms with E-state index in [0.29, 0.717) is 0 Å². The van der Waals surface area contributed by atoms with Crippen molar-refractivity contribution >= 4 is 69.7 Å². The fourth-order valence-corrected chi connectivity index (χ4v) is 18.9. The highest BCUT2D eigenvalue weighted by atomic mass is 28.3. The molecule has 1 atom stereocenters. The van der Waals surface area contributed by atoms with Gasteiger partial charge in [-0.05, 0) is 176 Å². The highest BCUT2D eigenvalue weighted by molar-refractivity contribution is 7.00. The molecule has 3 aliphatic heterocycles. The van der Waals surface area contributed by atoms with Crippen LogP contribution in [0.1, 0.15) is 67.3 Å². The summed E-state index contributed by atoms with van der Waals surface area (Å²) in [4.78, 5) is 5.06. The Balaban J connectivity index is 0.918. The molecular formula is C69H62N2Si. The van der Waals surface area contributed by atoms with Crippen molar-refractivity contribution in [1.82, 2.24) is 0 Å². The van der Waals surface area contributed by atoms with Gasteiger partial charge in [0.05, 0.1) is 5.41 Å². The van der Waals surface area contributed by atoms with Gasteiger partial charge < -0.3 is 9.80 Å². The third-order valence-corrected chi connectivity index (χ3v) is 21.9. The predicted octanol–water partition coefficient (Wildman–Crippen LogP) is 17.8. The van der Waals surface area contributed by atoms with Gasteiger partial charge in [-0.15, -0.1) is 0 Å². The molecule has 0 aromatic heterocycles. The molecule has 0 N–H and O–H groups in total. The van der Waals surface area contributed by atoms with Crippen LogP contribution in [0.4, 0.5) is 22.7 Å². The Morgan fingerprint density at radius 1 is 0.667 bits per heavy atom. The Kier molecular flexibility index (Phi) is 11.9. The quantitative estimate of drug-likeness (QED) is 0.0583. The average molecular weight is 947 g/mol. The van der Waals surface area contributed by atoms with Gasteiger partial charge in [0.15, 0.2) is 0 Å². The smallest absolute Gasteiger partial charge is 0.123 e. The zero-order valence-corrected chi connectivity index (χ0v) is 42.8. The summed E-state index contributed by atoms with van der Waals surface area (Å²) in [5, 5.41) is 8.18. The van der Waals surface area contributed by atoms with Gasteiger partial charge in [0.1, 0.15) is 8.07 Å². The number of rotatable bonds is 10. The van der Waals surface area contributed by atoms with E-state index in [1.54, 1.807) is 10.4 Å². The largest absolute Gasteiger partial charge is 0.341 e. The number of benzene rings is 7. The molecule has 0 amide bonds. The van der Waals surface area contributed by atoms with Gasteiger partial charge in [-0.25, -0.2) is 0 Å². The van der Waals surface area contributed by atoms with Crippen molar-refractivity contribution in [2.45, 2.75) is 63.5 Å². The third kappa shape index (κ3) is 7.36. The zero-order chi connectivity index (χ0) is 48.8. The molecule has 1 fully saturated rings. The van der Waals surface area contributed by atoms with Crippen molar-refractivity contribution in [3.63, 3.8) is 0 Å². The number of hydrogen-bond donors (Lipinski definition) is 0. The molecule has 1 unspecified atom stereocenters. The van der Waals surface area contributed by atoms with E-state index >= 15 is 0 Å². The zero-order valence-electron chi connectivity index (χ0n) is 41.8. The van der Waals surface area contributed by atoms with E-state index in [9.17, 15) is 0 Å². The van der Waals surface area contributed by atoms with E-state index in [2.05, 4.69) is 249 Å². The second-order valence-corrected chi connectivity index (χ2v) is 24.5. The maximum absolute atomic E-state index is 4.51. The topological polar surface area (TPSA) is 6.48 Å². The van der Waals surface area contributed by atoms with Crippen LogP contribution in [0, 0.1) is 0 Å². The molecule has 0 bridgehead atoms. The van der Waals surface area contributed by atoms with E-state index in [4.69, 9.17) is 0 Å². The molecule has 2 nitrogen and oxygen atoms in total. The summed E-state index contributed by atoms with van der Waals surface area (Å²) in [6, 6.07) is 53.8. The van der Waals surface area contributed by atoms with Crippen LogP contribution in [0.3, 0.4) is 0 Å². The number of fused-ring (bicyclic) bond motifs is 9. The summed E-state index contributed by atoms with van der Waals surface area (Å²) in [7, 11) is -1.85. The lowest BCUT2D eigenvalue weighted by Gasteiger charge is -2.43. The summed E-state index contributed by atoms with van der Waals surface area (Å²) in [6.07, 6.45) is 36.9. The maximum atomic E-state index is 4.51. The fourth-order valence-electron chi connectivity index (χ4n) is 13.3. The van der Waals surface area contributed by atoms with Crippen LogP contribution in [-0.2, 0) is 11.8 Å². The molecule has 7 aromatic carbocycles. The Morgan fingerprint density at radius 2 is 1.38 bits per heavy atom. The third-order valence-electron chi connectivity index (χ3n) is 16.4. The minimum absolute atomic E-state index is 0.579. The SMILES string of the molecule is C=CC=CC1=C(C)N(c2ccc3c(ccc4cc(C=Cc5ccc6c(c5)C(C(C=C)=CC=CC)(C5=CCC=CC=C5)c5cc(N7CCCc8ccccc87)ccc5-6)ccc43)c2)c2ccccc2[Si]12CCCC2. The summed E-state index contributed by atoms with van der Waals surface area (Å²) in [5.74, 6) is 0. The second-order valence-electron chi connectivity index (χ2n) is 20.2. The molecule has 1 saturated heterocycles. The van der Waals surface area contributed by atoms with E-state index in [-0.39, 0.29) is 0 Å². The van der Waals surface area contributed by atoms with Gasteiger partial charge in [-0.2, -0.15) is 0 Å². The summed E-state index contributed by atoms with van der Waals surface area (Å²) in [5.41, 5.74) is 17.3. The van der Waals surface area contributed by atoms with Crippen LogP contribution in [0.25, 0.3) is 44.8 Å². The molecule has 2 aliphatic carbocycles. The minimum atomic E-state index is -1.85. The monoisotopic (exact) mass is 946 g/mol. The molecule has 5 aliphatic rings. The molecule has 7 aromatic rings. The standard InChI is InChI=1S/C69H62N2Si/c1-5-8-23-55(7-3)69(56-24-12-10-11-13-25-56)63-46-51(33-39-61(63)62-41-36-57(48-64(62)69)70-42-20-22-52-21-14-15-26-65(52)70)31-30-50-32-38-59-53(45-50)34-35-54-47-58(37-40-60(54)59)71-49(4)67(28-9-6-2)72(43-18-19-44-72)68-29-17-16-27-66(68)71/h5-12,14-17,21,23-41,45-48H,2-3,13,18-20,22,42-44H2,1,4H3. The van der Waals surface area contributed by atoms with Gasteiger partial charge in [0.25, 0.3) is 0 Å². The Hall–Kier alpha value is -7.72. The second kappa shape index (κ2) is 18.8. The molecule has 72 heavy (non-hydrogen) atoms. The van der Waals surface area contributed by atoms with Crippen LogP contribution in [0.2, 0.25) is 12.1 Å². The fraction of sp³-hybridized carbons (Fsp3) is 0.159. The van der Waals surface area contributed by atoms with E-state index < -0.39 is 13.5 Å². The summed E-state index contributed by atoms with van der Waals surface area (Å²) >= 11 is 0. The van der Waals surface area contributed by atoms with Gasteiger partial charge in [-0.3, -0.25) is 0 Å². The molecule has 3 heteroatoms. The van der Waals surface area contributed by atoms with E-state index in [1.165, 1.54) is 125 Å². The highest BCUT2D eigenvalue weighted by Gasteiger charge is 2.49. The lowest BCUT2D eigenvalue weighted by atomic mass is 9.66. The Labute approximate surface area is 427 Å². The average Bonchev–Trinajstić information content (AvgIpc) is 3.90. The molecule has 12 rings (SSSR count). The van der Waals surface area contributed by atoms with Crippen molar-refractivity contribution in [2.75, 3.05) is 16.3 Å². The van der Waals surface area contributed by atoms with Gasteiger partial charge >= 0.3 is 0 Å². The molecule has 0 radical (unpaired) electrons. The minimum Gasteiger partial charge on any atom is -0.341 e. The van der Waals surface area contributed by atoms with Crippen molar-refractivity contribution in [1.29, 1.82) is 0 Å². The summed E-state index contributed by atoms with van der Waals surface area (Å²) in [6.45, 7) is 14.0. The van der Waals surface area contributed by atoms with Gasteiger partial charge in [0, 0.05) is 35.0 Å². The van der Waals surface area contributed by atoms with Crippen molar-refractivity contribution in [3.8, 4) is 11.1 Å². The molecule has 352 valence electrons. The van der Waals surface area contributed by atoms with Crippen LogP contribution < -0.4 is 15.0 Å². The first-order chi connectivity index (χ1) is 35.5. The number of anilines is 4. The number of para-hydroxylation sites is 2. The van der Waals surface area contributed by atoms with Crippen LogP contribution in [0.15, 0.2) is 242 Å². The van der Waals surface area contributed by atoms with Crippen molar-refractivity contribution in [2.24, 2.45) is 0 Å². The lowest BCUT2D eigenvalue weighted by molar-refractivity contribution is 0.753. The van der Waals surface area contributed by atoms with Gasteiger partial charge in [-0.1, -0.05) is 196 Å².